The van der Waals surface area contributed by atoms with Crippen molar-refractivity contribution < 1.29 is 21.9 Å². The normalized spacial score (nSPS) is 12.4. The quantitative estimate of drug-likeness (QED) is 0.838. The molecule has 0 saturated heterocycles. The average Bonchev–Trinajstić information content (AvgIpc) is 2.03. The van der Waals surface area contributed by atoms with Crippen molar-refractivity contribution in [2.75, 3.05) is 16.2 Å². The summed E-state index contributed by atoms with van der Waals surface area (Å²) in [6.45, 7) is 0. The van der Waals surface area contributed by atoms with Crippen molar-refractivity contribution in [2.45, 2.75) is 0 Å². The van der Waals surface area contributed by atoms with Crippen molar-refractivity contribution in [2.24, 2.45) is 0 Å². The number of rotatable bonds is 3. The first-order chi connectivity index (χ1) is 7.14. The van der Waals surface area contributed by atoms with Crippen LogP contribution < -0.4 is 3.71 Å². The number of hydrogen-bond acceptors (Lipinski definition) is 5. The topological polar surface area (TPSA) is 91.8 Å². The molecule has 0 aliphatic heterocycles. The van der Waals surface area contributed by atoms with E-state index >= 15 is 0 Å². The van der Waals surface area contributed by atoms with Crippen LogP contribution in [0.15, 0.2) is 24.3 Å². The van der Waals surface area contributed by atoms with Gasteiger partial charge in [0.2, 0.25) is 20.0 Å². The fourth-order valence-corrected chi connectivity index (χ4v) is 4.21. The molecule has 1 aromatic carbocycles. The number of hydrogen-bond donors (Lipinski definition) is 1. The van der Waals surface area contributed by atoms with Gasteiger partial charge in [0.25, 0.3) is 0 Å². The number of aromatic hydroxyl groups is 1. The van der Waals surface area contributed by atoms with Crippen LogP contribution in [0.2, 0.25) is 0 Å². The van der Waals surface area contributed by atoms with E-state index in [4.69, 9.17) is 0 Å². The first-order valence-corrected chi connectivity index (χ1v) is 7.82. The third-order valence-electron chi connectivity index (χ3n) is 1.68. The number of anilines is 1. The molecule has 0 unspecified atom stereocenters. The summed E-state index contributed by atoms with van der Waals surface area (Å²) in [5.74, 6) is -0.418. The standard InChI is InChI=1S/C8H11NO5S2/c1-15(11,12)9(16(2,13)14)7-5-3-4-6-8(7)10/h3-6,10H,1-2H3. The van der Waals surface area contributed by atoms with Crippen LogP contribution in [-0.4, -0.2) is 34.5 Å². The van der Waals surface area contributed by atoms with E-state index in [1.54, 1.807) is 0 Å². The molecule has 1 N–H and O–H groups in total. The smallest absolute Gasteiger partial charge is 0.245 e. The summed E-state index contributed by atoms with van der Waals surface area (Å²) in [4.78, 5) is 0. The van der Waals surface area contributed by atoms with E-state index in [9.17, 15) is 21.9 Å². The second kappa shape index (κ2) is 3.95. The van der Waals surface area contributed by atoms with Crippen LogP contribution in [0.1, 0.15) is 0 Å². The molecule has 0 spiro atoms. The fraction of sp³-hybridized carbons (Fsp3) is 0.250. The Labute approximate surface area is 94.2 Å². The molecule has 8 heteroatoms. The third-order valence-corrected chi connectivity index (χ3v) is 4.90. The lowest BCUT2D eigenvalue weighted by molar-refractivity contribution is 0.476. The molecule has 16 heavy (non-hydrogen) atoms. The summed E-state index contributed by atoms with van der Waals surface area (Å²) in [5, 5.41) is 9.44. The number of phenolic OH excluding ortho intramolecular Hbond substituents is 1. The van der Waals surface area contributed by atoms with Gasteiger partial charge in [-0.15, -0.1) is 0 Å². The number of para-hydroxylation sites is 2. The predicted octanol–water partition coefficient (Wildman–Crippen LogP) is 0.118. The lowest BCUT2D eigenvalue weighted by atomic mass is 10.3. The summed E-state index contributed by atoms with van der Waals surface area (Å²) < 4.78 is 45.7. The predicted molar refractivity (Wildman–Crippen MR) is 60.3 cm³/mol. The molecule has 6 nitrogen and oxygen atoms in total. The van der Waals surface area contributed by atoms with E-state index in [1.165, 1.54) is 24.3 Å². The van der Waals surface area contributed by atoms with E-state index in [0.717, 1.165) is 12.5 Å². The molecule has 0 heterocycles. The second-order valence-corrected chi connectivity index (χ2v) is 7.11. The molecule has 0 fully saturated rings. The minimum atomic E-state index is -4.01. The van der Waals surface area contributed by atoms with Crippen LogP contribution in [0.4, 0.5) is 5.69 Å². The molecule has 90 valence electrons. The average molecular weight is 265 g/mol. The largest absolute Gasteiger partial charge is 0.506 e. The van der Waals surface area contributed by atoms with Crippen LogP contribution in [-0.2, 0) is 20.0 Å². The van der Waals surface area contributed by atoms with E-state index in [0.29, 0.717) is 0 Å². The van der Waals surface area contributed by atoms with Crippen molar-refractivity contribution >= 4 is 25.7 Å². The van der Waals surface area contributed by atoms with Crippen molar-refractivity contribution in [1.29, 1.82) is 0 Å². The first-order valence-electron chi connectivity index (χ1n) is 4.12. The van der Waals surface area contributed by atoms with Gasteiger partial charge in [0.05, 0.1) is 12.5 Å². The second-order valence-electron chi connectivity index (χ2n) is 3.21. The molecule has 0 aliphatic carbocycles. The highest BCUT2D eigenvalue weighted by molar-refractivity contribution is 8.09. The van der Waals surface area contributed by atoms with Gasteiger partial charge >= 0.3 is 0 Å². The van der Waals surface area contributed by atoms with Gasteiger partial charge in [-0.2, -0.15) is 3.71 Å². The van der Waals surface area contributed by atoms with Gasteiger partial charge < -0.3 is 5.11 Å². The van der Waals surface area contributed by atoms with Gasteiger partial charge in [0, 0.05) is 0 Å². The number of sulfonamides is 2. The summed E-state index contributed by atoms with van der Waals surface area (Å²) in [7, 11) is -8.03. The Kier molecular flexibility index (Phi) is 3.15. The monoisotopic (exact) mass is 265 g/mol. The van der Waals surface area contributed by atoms with Crippen LogP contribution in [0, 0.1) is 0 Å². The maximum Gasteiger partial charge on any atom is 0.245 e. The molecule has 0 radical (unpaired) electrons. The molecule has 1 aromatic rings. The molecule has 1 rings (SSSR count). The maximum atomic E-state index is 11.4. The maximum absolute atomic E-state index is 11.4. The minimum Gasteiger partial charge on any atom is -0.506 e. The van der Waals surface area contributed by atoms with Crippen LogP contribution in [0.3, 0.4) is 0 Å². The third kappa shape index (κ3) is 2.64. The van der Waals surface area contributed by atoms with Crippen molar-refractivity contribution in [3.05, 3.63) is 24.3 Å². The minimum absolute atomic E-state index is 0.190. The van der Waals surface area contributed by atoms with Gasteiger partial charge in [-0.25, -0.2) is 16.8 Å². The van der Waals surface area contributed by atoms with Crippen LogP contribution in [0.5, 0.6) is 5.75 Å². The lowest BCUT2D eigenvalue weighted by Crippen LogP contribution is -2.35. The van der Waals surface area contributed by atoms with Crippen LogP contribution >= 0.6 is 0 Å². The Balaban J connectivity index is 3.54. The van der Waals surface area contributed by atoms with Gasteiger partial charge in [0.15, 0.2) is 0 Å². The molecular weight excluding hydrogens is 254 g/mol. The highest BCUT2D eigenvalue weighted by Gasteiger charge is 2.29. The molecular formula is C8H11NO5S2. The van der Waals surface area contributed by atoms with Crippen molar-refractivity contribution in [1.82, 2.24) is 0 Å². The zero-order chi connectivity index (χ0) is 12.6. The Morgan fingerprint density at radius 3 is 1.81 bits per heavy atom. The summed E-state index contributed by atoms with van der Waals surface area (Å²) in [5.41, 5.74) is -0.285. The van der Waals surface area contributed by atoms with Gasteiger partial charge in [0.1, 0.15) is 11.4 Å². The number of phenols is 1. The molecule has 0 bridgehead atoms. The SMILES string of the molecule is CS(=O)(=O)N(c1ccccc1O)S(C)(=O)=O. The fourth-order valence-electron chi connectivity index (χ4n) is 1.22. The van der Waals surface area contributed by atoms with Gasteiger partial charge in [-0.3, -0.25) is 0 Å². The number of benzene rings is 1. The Bertz CT molecular complexity index is 559. The Morgan fingerprint density at radius 1 is 1.00 bits per heavy atom. The van der Waals surface area contributed by atoms with Gasteiger partial charge in [-0.1, -0.05) is 12.1 Å². The van der Waals surface area contributed by atoms with Crippen LogP contribution in [0.25, 0.3) is 0 Å². The molecule has 0 aliphatic rings. The summed E-state index contributed by atoms with van der Waals surface area (Å²) >= 11 is 0. The van der Waals surface area contributed by atoms with E-state index in [2.05, 4.69) is 0 Å². The first kappa shape index (κ1) is 12.8. The number of nitrogens with zero attached hydrogens (tertiary/aromatic N) is 1. The Morgan fingerprint density at radius 2 is 1.44 bits per heavy atom. The van der Waals surface area contributed by atoms with E-state index in [1.807, 2.05) is 0 Å². The van der Waals surface area contributed by atoms with Crippen molar-refractivity contribution in [3.63, 3.8) is 0 Å². The molecule has 0 aromatic heterocycles. The Hall–Kier alpha value is -1.28. The van der Waals surface area contributed by atoms with Gasteiger partial charge in [-0.05, 0) is 12.1 Å². The zero-order valence-corrected chi connectivity index (χ0v) is 10.3. The van der Waals surface area contributed by atoms with Crippen molar-refractivity contribution in [3.8, 4) is 5.75 Å². The molecule has 0 atom stereocenters. The summed E-state index contributed by atoms with van der Waals surface area (Å²) in [6.07, 6.45) is 1.50. The van der Waals surface area contributed by atoms with E-state index < -0.39 is 25.8 Å². The highest BCUT2D eigenvalue weighted by atomic mass is 32.3. The summed E-state index contributed by atoms with van der Waals surface area (Å²) in [6, 6.07) is 5.30. The van der Waals surface area contributed by atoms with E-state index in [-0.39, 0.29) is 9.40 Å². The molecule has 0 amide bonds. The highest BCUT2D eigenvalue weighted by Crippen LogP contribution is 2.30. The zero-order valence-electron chi connectivity index (χ0n) is 8.65. The lowest BCUT2D eigenvalue weighted by Gasteiger charge is -2.20. The molecule has 0 saturated carbocycles.